The van der Waals surface area contributed by atoms with Crippen molar-refractivity contribution in [2.75, 3.05) is 0 Å². The highest BCUT2D eigenvalue weighted by Crippen LogP contribution is 2.25. The van der Waals surface area contributed by atoms with E-state index in [-0.39, 0.29) is 5.91 Å². The van der Waals surface area contributed by atoms with E-state index in [2.05, 4.69) is 17.2 Å². The Bertz CT molecular complexity index is 591. The molecule has 2 atom stereocenters. The molecule has 2 unspecified atom stereocenters. The molecule has 1 fully saturated rings. The van der Waals surface area contributed by atoms with Crippen molar-refractivity contribution in [3.05, 3.63) is 48.5 Å². The molecule has 1 aromatic carbocycles. The van der Waals surface area contributed by atoms with E-state index in [1.165, 1.54) is 6.42 Å². The topological polar surface area (TPSA) is 46.9 Å². The smallest absolute Gasteiger partial charge is 0.270 e. The van der Waals surface area contributed by atoms with E-state index < -0.39 is 0 Å². The van der Waals surface area contributed by atoms with Crippen LogP contribution in [0.5, 0.6) is 0 Å². The molecule has 4 nitrogen and oxygen atoms in total. The number of benzene rings is 1. The first kappa shape index (κ1) is 12.9. The zero-order chi connectivity index (χ0) is 13.9. The summed E-state index contributed by atoms with van der Waals surface area (Å²) in [6.45, 7) is 2.24. The first-order valence-corrected chi connectivity index (χ1v) is 7.12. The zero-order valence-corrected chi connectivity index (χ0v) is 11.6. The van der Waals surface area contributed by atoms with Crippen LogP contribution in [-0.4, -0.2) is 21.5 Å². The molecule has 0 spiro atoms. The summed E-state index contributed by atoms with van der Waals surface area (Å²) in [4.78, 5) is 16.5. The molecule has 1 aliphatic rings. The number of para-hydroxylation sites is 1. The van der Waals surface area contributed by atoms with E-state index in [9.17, 15) is 4.79 Å². The number of amides is 1. The lowest BCUT2D eigenvalue weighted by atomic mass is 10.1. The summed E-state index contributed by atoms with van der Waals surface area (Å²) in [6.07, 6.45) is 6.66. The van der Waals surface area contributed by atoms with Crippen molar-refractivity contribution in [2.24, 2.45) is 5.92 Å². The van der Waals surface area contributed by atoms with Crippen molar-refractivity contribution in [3.63, 3.8) is 0 Å². The highest BCUT2D eigenvalue weighted by Gasteiger charge is 2.24. The van der Waals surface area contributed by atoms with Crippen LogP contribution in [-0.2, 0) is 0 Å². The second-order valence-corrected chi connectivity index (χ2v) is 5.57. The number of nitrogens with one attached hydrogen (secondary N) is 1. The van der Waals surface area contributed by atoms with Gasteiger partial charge >= 0.3 is 0 Å². The van der Waals surface area contributed by atoms with Crippen LogP contribution in [0.15, 0.2) is 42.9 Å². The number of carbonyl (C=O) groups is 1. The molecule has 1 aromatic heterocycles. The van der Waals surface area contributed by atoms with Crippen LogP contribution in [0, 0.1) is 5.92 Å². The van der Waals surface area contributed by atoms with E-state index in [0.29, 0.717) is 17.7 Å². The Morgan fingerprint density at radius 3 is 2.80 bits per heavy atom. The molecule has 0 saturated heterocycles. The first-order valence-electron chi connectivity index (χ1n) is 7.12. The number of imidazole rings is 1. The minimum absolute atomic E-state index is 0.0366. The van der Waals surface area contributed by atoms with E-state index in [1.807, 2.05) is 34.9 Å². The Hall–Kier alpha value is -2.10. The third-order valence-electron chi connectivity index (χ3n) is 3.94. The summed E-state index contributed by atoms with van der Waals surface area (Å²) in [5.41, 5.74) is 1.55. The van der Waals surface area contributed by atoms with Gasteiger partial charge in [-0.3, -0.25) is 9.36 Å². The van der Waals surface area contributed by atoms with Crippen LogP contribution in [0.25, 0.3) is 5.69 Å². The van der Waals surface area contributed by atoms with Crippen LogP contribution in [0.1, 0.15) is 36.7 Å². The summed E-state index contributed by atoms with van der Waals surface area (Å²) in [6, 6.07) is 10.1. The predicted molar refractivity (Wildman–Crippen MR) is 77.8 cm³/mol. The highest BCUT2D eigenvalue weighted by atomic mass is 16.2. The van der Waals surface area contributed by atoms with Gasteiger partial charge in [0.1, 0.15) is 5.69 Å². The van der Waals surface area contributed by atoms with E-state index in [4.69, 9.17) is 0 Å². The molecule has 20 heavy (non-hydrogen) atoms. The van der Waals surface area contributed by atoms with Gasteiger partial charge in [-0.15, -0.1) is 0 Å². The highest BCUT2D eigenvalue weighted by molar-refractivity contribution is 5.93. The molecule has 104 valence electrons. The SMILES string of the molecule is CC1CCC(NC(=O)c2cncn2-c2ccccc2)C1. The Balaban J connectivity index is 1.78. The lowest BCUT2D eigenvalue weighted by Gasteiger charge is -2.13. The second kappa shape index (κ2) is 5.49. The van der Waals surface area contributed by atoms with Crippen molar-refractivity contribution in [1.82, 2.24) is 14.9 Å². The van der Waals surface area contributed by atoms with Gasteiger partial charge in [0.2, 0.25) is 0 Å². The minimum Gasteiger partial charge on any atom is -0.348 e. The molecule has 2 aromatic rings. The number of aromatic nitrogens is 2. The lowest BCUT2D eigenvalue weighted by molar-refractivity contribution is 0.0930. The standard InChI is InChI=1S/C16H19N3O/c1-12-7-8-13(9-12)18-16(20)15-10-17-11-19(15)14-5-3-2-4-6-14/h2-6,10-13H,7-9H2,1H3,(H,18,20). The Morgan fingerprint density at radius 2 is 2.10 bits per heavy atom. The molecule has 1 N–H and O–H groups in total. The van der Waals surface area contributed by atoms with Gasteiger partial charge in [-0.2, -0.15) is 0 Å². The van der Waals surface area contributed by atoms with Gasteiger partial charge in [-0.25, -0.2) is 4.98 Å². The quantitative estimate of drug-likeness (QED) is 0.931. The lowest BCUT2D eigenvalue weighted by Crippen LogP contribution is -2.34. The van der Waals surface area contributed by atoms with Gasteiger partial charge < -0.3 is 5.32 Å². The zero-order valence-electron chi connectivity index (χ0n) is 11.6. The van der Waals surface area contributed by atoms with Gasteiger partial charge in [0.15, 0.2) is 0 Å². The molecule has 3 rings (SSSR count). The number of carbonyl (C=O) groups excluding carboxylic acids is 1. The monoisotopic (exact) mass is 269 g/mol. The van der Waals surface area contributed by atoms with Crippen molar-refractivity contribution in [3.8, 4) is 5.69 Å². The summed E-state index contributed by atoms with van der Waals surface area (Å²) in [5, 5.41) is 3.12. The fraction of sp³-hybridized carbons (Fsp3) is 0.375. The summed E-state index contributed by atoms with van der Waals surface area (Å²) < 4.78 is 1.83. The fourth-order valence-corrected chi connectivity index (χ4v) is 2.85. The van der Waals surface area contributed by atoms with Crippen molar-refractivity contribution in [2.45, 2.75) is 32.2 Å². The molecular formula is C16H19N3O. The van der Waals surface area contributed by atoms with E-state index >= 15 is 0 Å². The summed E-state index contributed by atoms with van der Waals surface area (Å²) in [5.74, 6) is 0.671. The predicted octanol–water partition coefficient (Wildman–Crippen LogP) is 2.79. The number of hydrogen-bond donors (Lipinski definition) is 1. The Morgan fingerprint density at radius 1 is 1.30 bits per heavy atom. The average Bonchev–Trinajstić information content (AvgIpc) is 3.09. The Kier molecular flexibility index (Phi) is 3.54. The second-order valence-electron chi connectivity index (χ2n) is 5.57. The Labute approximate surface area is 118 Å². The molecule has 1 saturated carbocycles. The van der Waals surface area contributed by atoms with Crippen LogP contribution in [0.4, 0.5) is 0 Å². The van der Waals surface area contributed by atoms with Crippen LogP contribution >= 0.6 is 0 Å². The number of hydrogen-bond acceptors (Lipinski definition) is 2. The van der Waals surface area contributed by atoms with Gasteiger partial charge in [-0.05, 0) is 37.3 Å². The van der Waals surface area contributed by atoms with Crippen molar-refractivity contribution >= 4 is 5.91 Å². The molecule has 1 aliphatic carbocycles. The van der Waals surface area contributed by atoms with Crippen LogP contribution in [0.3, 0.4) is 0 Å². The van der Waals surface area contributed by atoms with Crippen LogP contribution < -0.4 is 5.32 Å². The number of nitrogens with zero attached hydrogens (tertiary/aromatic N) is 2. The third-order valence-corrected chi connectivity index (χ3v) is 3.94. The van der Waals surface area contributed by atoms with Crippen LogP contribution in [0.2, 0.25) is 0 Å². The fourth-order valence-electron chi connectivity index (χ4n) is 2.85. The largest absolute Gasteiger partial charge is 0.348 e. The maximum atomic E-state index is 12.4. The molecule has 4 heteroatoms. The van der Waals surface area contributed by atoms with Gasteiger partial charge in [0.05, 0.1) is 12.5 Å². The average molecular weight is 269 g/mol. The van der Waals surface area contributed by atoms with Crippen molar-refractivity contribution in [1.29, 1.82) is 0 Å². The van der Waals surface area contributed by atoms with Gasteiger partial charge in [0.25, 0.3) is 5.91 Å². The third kappa shape index (κ3) is 2.59. The van der Waals surface area contributed by atoms with Crippen molar-refractivity contribution < 1.29 is 4.79 Å². The summed E-state index contributed by atoms with van der Waals surface area (Å²) >= 11 is 0. The minimum atomic E-state index is -0.0366. The first-order chi connectivity index (χ1) is 9.74. The van der Waals surface area contributed by atoms with E-state index in [0.717, 1.165) is 18.5 Å². The van der Waals surface area contributed by atoms with Gasteiger partial charge in [-0.1, -0.05) is 25.1 Å². The van der Waals surface area contributed by atoms with E-state index in [1.54, 1.807) is 12.5 Å². The molecule has 0 bridgehead atoms. The number of rotatable bonds is 3. The normalized spacial score (nSPS) is 21.9. The maximum absolute atomic E-state index is 12.4. The summed E-state index contributed by atoms with van der Waals surface area (Å²) in [7, 11) is 0. The molecule has 1 amide bonds. The van der Waals surface area contributed by atoms with Gasteiger partial charge in [0, 0.05) is 11.7 Å². The molecule has 0 radical (unpaired) electrons. The maximum Gasteiger partial charge on any atom is 0.270 e. The molecule has 0 aliphatic heterocycles. The molecule has 1 heterocycles. The molecular weight excluding hydrogens is 250 g/mol.